The van der Waals surface area contributed by atoms with E-state index < -0.39 is 27.2 Å². The van der Waals surface area contributed by atoms with Gasteiger partial charge in [-0.1, -0.05) is 24.0 Å². The number of anilines is 1. The lowest BCUT2D eigenvalue weighted by Gasteiger charge is -2.26. The highest BCUT2D eigenvalue weighted by Gasteiger charge is 2.51. The molecule has 0 aliphatic heterocycles. The van der Waals surface area contributed by atoms with Crippen LogP contribution in [0.2, 0.25) is 0 Å². The number of aromatic nitrogens is 2. The van der Waals surface area contributed by atoms with Gasteiger partial charge in [0.1, 0.15) is 12.4 Å². The Bertz CT molecular complexity index is 1340. The fraction of sp³-hybridized carbons (Fsp3) is 0.217. The van der Waals surface area contributed by atoms with E-state index in [0.717, 1.165) is 18.5 Å². The Kier molecular flexibility index (Phi) is 6.97. The maximum atomic E-state index is 13.3. The number of hydrogen-bond acceptors (Lipinski definition) is 7. The molecule has 3 aromatic rings. The second kappa shape index (κ2) is 9.42. The molecule has 1 atom stereocenters. The SMILES string of the molecule is COCC#Cc1cc([C@](C)(O)C(F)(F)F)cnc1-c1ccc(S(=O)(=O)c2ccc(N)nc2)cc1. The van der Waals surface area contributed by atoms with Crippen molar-refractivity contribution in [3.63, 3.8) is 0 Å². The van der Waals surface area contributed by atoms with Crippen molar-refractivity contribution in [1.82, 2.24) is 9.97 Å². The third-order valence-corrected chi connectivity index (χ3v) is 6.70. The average Bonchev–Trinajstić information content (AvgIpc) is 2.79. The summed E-state index contributed by atoms with van der Waals surface area (Å²) in [6.07, 6.45) is -2.87. The molecule has 2 aromatic heterocycles. The highest BCUT2D eigenvalue weighted by Crippen LogP contribution is 2.39. The minimum absolute atomic E-state index is 0.0200. The van der Waals surface area contributed by atoms with Gasteiger partial charge in [-0.3, -0.25) is 4.98 Å². The molecule has 0 bridgehead atoms. The first kappa shape index (κ1) is 25.2. The molecular weight excluding hydrogens is 471 g/mol. The molecule has 0 aliphatic rings. The number of nitrogens with two attached hydrogens (primary N) is 1. The minimum atomic E-state index is -4.93. The number of aliphatic hydroxyl groups is 1. The molecular formula is C23H20F3N3O4S. The number of alkyl halides is 3. The predicted octanol–water partition coefficient (Wildman–Crippen LogP) is 3.33. The van der Waals surface area contributed by atoms with Crippen LogP contribution in [-0.4, -0.2) is 43.4 Å². The molecule has 7 nitrogen and oxygen atoms in total. The third-order valence-electron chi connectivity index (χ3n) is 4.95. The fourth-order valence-corrected chi connectivity index (χ4v) is 4.11. The molecule has 0 aliphatic carbocycles. The summed E-state index contributed by atoms with van der Waals surface area (Å²) in [6, 6.07) is 9.41. The predicted molar refractivity (Wildman–Crippen MR) is 118 cm³/mol. The third kappa shape index (κ3) is 5.04. The van der Waals surface area contributed by atoms with Crippen molar-refractivity contribution < 1.29 is 31.4 Å². The lowest BCUT2D eigenvalue weighted by atomic mass is 9.94. The van der Waals surface area contributed by atoms with Crippen LogP contribution in [0.5, 0.6) is 0 Å². The number of nitrogens with zero attached hydrogens (tertiary/aromatic N) is 2. The molecule has 0 fully saturated rings. The quantitative estimate of drug-likeness (QED) is 0.526. The molecule has 0 radical (unpaired) electrons. The Hall–Kier alpha value is -3.46. The normalized spacial score (nSPS) is 13.6. The fourth-order valence-electron chi connectivity index (χ4n) is 2.90. The van der Waals surface area contributed by atoms with Crippen LogP contribution in [-0.2, 0) is 20.2 Å². The summed E-state index contributed by atoms with van der Waals surface area (Å²) >= 11 is 0. The van der Waals surface area contributed by atoms with Crippen LogP contribution in [0.4, 0.5) is 19.0 Å². The summed E-state index contributed by atoms with van der Waals surface area (Å²) in [7, 11) is -2.45. The Labute approximate surface area is 194 Å². The summed E-state index contributed by atoms with van der Waals surface area (Å²) in [4.78, 5) is 7.82. The Morgan fingerprint density at radius 2 is 1.71 bits per heavy atom. The van der Waals surface area contributed by atoms with Gasteiger partial charge in [0.25, 0.3) is 0 Å². The molecule has 0 unspecified atom stereocenters. The van der Waals surface area contributed by atoms with Crippen molar-refractivity contribution in [3.8, 4) is 23.1 Å². The van der Waals surface area contributed by atoms with Gasteiger partial charge in [-0.2, -0.15) is 13.2 Å². The summed E-state index contributed by atoms with van der Waals surface area (Å²) in [5, 5.41) is 10.0. The summed E-state index contributed by atoms with van der Waals surface area (Å²) in [6.45, 7) is 0.647. The highest BCUT2D eigenvalue weighted by atomic mass is 32.2. The van der Waals surface area contributed by atoms with Crippen LogP contribution in [0.3, 0.4) is 0 Å². The van der Waals surface area contributed by atoms with Crippen molar-refractivity contribution in [2.75, 3.05) is 19.5 Å². The van der Waals surface area contributed by atoms with Crippen LogP contribution in [0.25, 0.3) is 11.3 Å². The highest BCUT2D eigenvalue weighted by molar-refractivity contribution is 7.91. The van der Waals surface area contributed by atoms with Crippen LogP contribution < -0.4 is 5.73 Å². The molecule has 34 heavy (non-hydrogen) atoms. The van der Waals surface area contributed by atoms with E-state index in [1.807, 2.05) is 0 Å². The first-order chi connectivity index (χ1) is 15.9. The number of halogens is 3. The zero-order valence-electron chi connectivity index (χ0n) is 18.1. The van der Waals surface area contributed by atoms with Gasteiger partial charge in [-0.05, 0) is 37.3 Å². The smallest absolute Gasteiger partial charge is 0.384 e. The first-order valence-electron chi connectivity index (χ1n) is 9.72. The standard InChI is InChI=1S/C23H20F3N3O4S/c1-22(30,23(24,25)26)17-12-16(4-3-11-33-2)21(29-13-17)15-5-7-18(8-6-15)34(31,32)19-9-10-20(27)28-14-19/h5-10,12-14,30H,11H2,1-2H3,(H2,27,28)/t22-/m0/s1. The van der Waals surface area contributed by atoms with Crippen molar-refractivity contribution >= 4 is 15.7 Å². The number of sulfone groups is 1. The maximum Gasteiger partial charge on any atom is 0.421 e. The van der Waals surface area contributed by atoms with E-state index in [2.05, 4.69) is 21.8 Å². The Balaban J connectivity index is 2.05. The van der Waals surface area contributed by atoms with Crippen molar-refractivity contribution in [2.24, 2.45) is 0 Å². The number of nitrogen functional groups attached to an aromatic ring is 1. The van der Waals surface area contributed by atoms with Gasteiger partial charge in [0.2, 0.25) is 9.84 Å². The molecule has 11 heteroatoms. The lowest BCUT2D eigenvalue weighted by Crippen LogP contribution is -2.39. The van der Waals surface area contributed by atoms with Crippen molar-refractivity contribution in [1.29, 1.82) is 0 Å². The van der Waals surface area contributed by atoms with Crippen LogP contribution in [0.15, 0.2) is 64.6 Å². The number of hydrogen-bond donors (Lipinski definition) is 2. The van der Waals surface area contributed by atoms with E-state index in [0.29, 0.717) is 12.5 Å². The molecule has 3 rings (SSSR count). The Morgan fingerprint density at radius 3 is 2.26 bits per heavy atom. The van der Waals surface area contributed by atoms with Crippen molar-refractivity contribution in [3.05, 3.63) is 66.0 Å². The number of methoxy groups -OCH3 is 1. The van der Waals surface area contributed by atoms with E-state index in [1.165, 1.54) is 43.5 Å². The van der Waals surface area contributed by atoms with E-state index in [9.17, 15) is 26.7 Å². The van der Waals surface area contributed by atoms with Gasteiger partial charge in [0, 0.05) is 30.6 Å². The van der Waals surface area contributed by atoms with Gasteiger partial charge in [-0.15, -0.1) is 0 Å². The topological polar surface area (TPSA) is 115 Å². The average molecular weight is 491 g/mol. The minimum Gasteiger partial charge on any atom is -0.384 e. The second-order valence-electron chi connectivity index (χ2n) is 7.37. The van der Waals surface area contributed by atoms with Crippen molar-refractivity contribution in [2.45, 2.75) is 28.5 Å². The van der Waals surface area contributed by atoms with Crippen LogP contribution in [0.1, 0.15) is 18.1 Å². The number of benzene rings is 1. The van der Waals surface area contributed by atoms with Gasteiger partial charge in [0.15, 0.2) is 5.60 Å². The van der Waals surface area contributed by atoms with E-state index in [4.69, 9.17) is 10.5 Å². The molecule has 3 N–H and O–H groups in total. The molecule has 0 saturated heterocycles. The molecule has 0 amide bonds. The van der Waals surface area contributed by atoms with Gasteiger partial charge < -0.3 is 15.6 Å². The molecule has 1 aromatic carbocycles. The summed E-state index contributed by atoms with van der Waals surface area (Å²) in [5.74, 6) is 5.53. The van der Waals surface area contributed by atoms with E-state index in [-0.39, 0.29) is 33.5 Å². The second-order valence-corrected chi connectivity index (χ2v) is 9.32. The number of ether oxygens (including phenoxy) is 1. The Morgan fingerprint density at radius 1 is 1.06 bits per heavy atom. The molecule has 178 valence electrons. The lowest BCUT2D eigenvalue weighted by molar-refractivity contribution is -0.259. The van der Waals surface area contributed by atoms with Gasteiger partial charge in [-0.25, -0.2) is 13.4 Å². The first-order valence-corrected chi connectivity index (χ1v) is 11.2. The maximum absolute atomic E-state index is 13.3. The monoisotopic (exact) mass is 491 g/mol. The van der Waals surface area contributed by atoms with Gasteiger partial charge >= 0.3 is 6.18 Å². The number of rotatable bonds is 5. The van der Waals surface area contributed by atoms with Crippen LogP contribution in [0, 0.1) is 11.8 Å². The number of pyridine rings is 2. The molecule has 0 saturated carbocycles. The van der Waals surface area contributed by atoms with Gasteiger partial charge in [0.05, 0.1) is 21.0 Å². The summed E-state index contributed by atoms with van der Waals surface area (Å²) < 4.78 is 70.4. The summed E-state index contributed by atoms with van der Waals surface area (Å²) in [5.41, 5.74) is 2.61. The van der Waals surface area contributed by atoms with E-state index in [1.54, 1.807) is 0 Å². The molecule has 2 heterocycles. The van der Waals surface area contributed by atoms with E-state index >= 15 is 0 Å². The zero-order chi connectivity index (χ0) is 25.1. The largest absolute Gasteiger partial charge is 0.421 e. The zero-order valence-corrected chi connectivity index (χ0v) is 18.9. The molecule has 0 spiro atoms. The van der Waals surface area contributed by atoms with Crippen LogP contribution >= 0.6 is 0 Å².